The highest BCUT2D eigenvalue weighted by atomic mass is 16.2. The van der Waals surface area contributed by atoms with E-state index >= 15 is 0 Å². The summed E-state index contributed by atoms with van der Waals surface area (Å²) in [5.74, 6) is 0.292. The molecule has 1 aliphatic heterocycles. The second-order valence-electron chi connectivity index (χ2n) is 4.59. The van der Waals surface area contributed by atoms with Gasteiger partial charge in [-0.3, -0.25) is 4.79 Å². The largest absolute Gasteiger partial charge is 0.336 e. The SMILES string of the molecule is CC1=C(C)C(=O)N(C2CCCC2)CC1. The molecule has 1 saturated carbocycles. The second-order valence-corrected chi connectivity index (χ2v) is 4.59. The Morgan fingerprint density at radius 2 is 1.86 bits per heavy atom. The van der Waals surface area contributed by atoms with Gasteiger partial charge < -0.3 is 4.90 Å². The monoisotopic (exact) mass is 193 g/mol. The Kier molecular flexibility index (Phi) is 2.62. The fourth-order valence-corrected chi connectivity index (χ4v) is 2.54. The van der Waals surface area contributed by atoms with Gasteiger partial charge in [0.15, 0.2) is 0 Å². The van der Waals surface area contributed by atoms with Gasteiger partial charge in [0.2, 0.25) is 5.91 Å². The minimum Gasteiger partial charge on any atom is -0.336 e. The molecule has 0 bridgehead atoms. The number of hydrogen-bond acceptors (Lipinski definition) is 1. The van der Waals surface area contributed by atoms with Crippen LogP contribution in [-0.4, -0.2) is 23.4 Å². The van der Waals surface area contributed by atoms with Crippen LogP contribution in [0.3, 0.4) is 0 Å². The maximum Gasteiger partial charge on any atom is 0.249 e. The molecule has 1 amide bonds. The molecular formula is C12H19NO. The van der Waals surface area contributed by atoms with E-state index in [-0.39, 0.29) is 0 Å². The molecule has 14 heavy (non-hydrogen) atoms. The van der Waals surface area contributed by atoms with Crippen molar-refractivity contribution < 1.29 is 4.79 Å². The van der Waals surface area contributed by atoms with Crippen LogP contribution in [0.2, 0.25) is 0 Å². The van der Waals surface area contributed by atoms with Gasteiger partial charge in [-0.15, -0.1) is 0 Å². The second kappa shape index (κ2) is 3.76. The number of carbonyl (C=O) groups excluding carboxylic acids is 1. The van der Waals surface area contributed by atoms with Crippen LogP contribution in [0.5, 0.6) is 0 Å². The maximum atomic E-state index is 12.0. The third-order valence-electron chi connectivity index (χ3n) is 3.71. The Balaban J connectivity index is 2.12. The number of amides is 1. The summed E-state index contributed by atoms with van der Waals surface area (Å²) in [5, 5.41) is 0. The molecule has 0 N–H and O–H groups in total. The fourth-order valence-electron chi connectivity index (χ4n) is 2.54. The molecule has 2 aliphatic rings. The summed E-state index contributed by atoms with van der Waals surface area (Å²) in [6.45, 7) is 5.00. The molecule has 2 nitrogen and oxygen atoms in total. The number of hydrogen-bond donors (Lipinski definition) is 0. The molecule has 0 aromatic rings. The van der Waals surface area contributed by atoms with Crippen molar-refractivity contribution in [3.05, 3.63) is 11.1 Å². The van der Waals surface area contributed by atoms with Gasteiger partial charge in [-0.2, -0.15) is 0 Å². The lowest BCUT2D eigenvalue weighted by molar-refractivity contribution is -0.130. The fraction of sp³-hybridized carbons (Fsp3) is 0.750. The van der Waals surface area contributed by atoms with Crippen LogP contribution in [0.4, 0.5) is 0 Å². The Morgan fingerprint density at radius 1 is 1.21 bits per heavy atom. The Morgan fingerprint density at radius 3 is 2.50 bits per heavy atom. The van der Waals surface area contributed by atoms with E-state index in [4.69, 9.17) is 0 Å². The molecule has 0 unspecified atom stereocenters. The first-order valence-corrected chi connectivity index (χ1v) is 5.67. The zero-order valence-electron chi connectivity index (χ0n) is 9.18. The molecular weight excluding hydrogens is 174 g/mol. The predicted octanol–water partition coefficient (Wildman–Crippen LogP) is 2.50. The summed E-state index contributed by atoms with van der Waals surface area (Å²) in [5.41, 5.74) is 2.27. The van der Waals surface area contributed by atoms with Crippen molar-refractivity contribution in [2.75, 3.05) is 6.54 Å². The molecule has 0 aromatic heterocycles. The molecule has 2 heteroatoms. The minimum atomic E-state index is 0.292. The zero-order valence-corrected chi connectivity index (χ0v) is 9.18. The van der Waals surface area contributed by atoms with E-state index in [0.29, 0.717) is 11.9 Å². The maximum absolute atomic E-state index is 12.0. The van der Waals surface area contributed by atoms with Gasteiger partial charge in [0.05, 0.1) is 0 Å². The van der Waals surface area contributed by atoms with Crippen LogP contribution in [0.15, 0.2) is 11.1 Å². The third kappa shape index (κ3) is 1.58. The molecule has 1 fully saturated rings. The summed E-state index contributed by atoms with van der Waals surface area (Å²) in [4.78, 5) is 14.1. The van der Waals surface area contributed by atoms with E-state index in [9.17, 15) is 4.79 Å². The van der Waals surface area contributed by atoms with Gasteiger partial charge in [0.25, 0.3) is 0 Å². The number of nitrogens with zero attached hydrogens (tertiary/aromatic N) is 1. The molecule has 1 aliphatic carbocycles. The summed E-state index contributed by atoms with van der Waals surface area (Å²) in [6.07, 6.45) is 6.12. The summed E-state index contributed by atoms with van der Waals surface area (Å²) in [6, 6.07) is 0.547. The molecule has 78 valence electrons. The topological polar surface area (TPSA) is 20.3 Å². The van der Waals surface area contributed by atoms with E-state index in [2.05, 4.69) is 11.8 Å². The van der Waals surface area contributed by atoms with Crippen molar-refractivity contribution >= 4 is 5.91 Å². The molecule has 2 rings (SSSR count). The molecule has 0 saturated heterocycles. The van der Waals surface area contributed by atoms with Crippen LogP contribution in [-0.2, 0) is 4.79 Å². The van der Waals surface area contributed by atoms with Gasteiger partial charge in [-0.05, 0) is 33.1 Å². The summed E-state index contributed by atoms with van der Waals surface area (Å²) >= 11 is 0. The average Bonchev–Trinajstić information content (AvgIpc) is 2.67. The predicted molar refractivity (Wildman–Crippen MR) is 57.0 cm³/mol. The van der Waals surface area contributed by atoms with Crippen LogP contribution >= 0.6 is 0 Å². The van der Waals surface area contributed by atoms with Crippen molar-refractivity contribution in [3.8, 4) is 0 Å². The van der Waals surface area contributed by atoms with Crippen molar-refractivity contribution in [1.82, 2.24) is 4.90 Å². The van der Waals surface area contributed by atoms with Gasteiger partial charge in [-0.1, -0.05) is 18.4 Å². The number of carbonyl (C=O) groups is 1. The smallest absolute Gasteiger partial charge is 0.249 e. The molecule has 0 spiro atoms. The molecule has 0 aromatic carbocycles. The first-order chi connectivity index (χ1) is 6.70. The van der Waals surface area contributed by atoms with Crippen molar-refractivity contribution in [2.45, 2.75) is 52.0 Å². The quantitative estimate of drug-likeness (QED) is 0.626. The zero-order chi connectivity index (χ0) is 10.1. The van der Waals surface area contributed by atoms with E-state index in [1.54, 1.807) is 0 Å². The van der Waals surface area contributed by atoms with Crippen LogP contribution < -0.4 is 0 Å². The molecule has 0 atom stereocenters. The standard InChI is InChI=1S/C12H19NO/c1-9-7-8-13(12(14)10(9)2)11-5-3-4-6-11/h11H,3-8H2,1-2H3. The Hall–Kier alpha value is -0.790. The Labute approximate surface area is 86.0 Å². The lowest BCUT2D eigenvalue weighted by atomic mass is 10.00. The number of rotatable bonds is 1. The normalized spacial score (nSPS) is 25.0. The highest BCUT2D eigenvalue weighted by Gasteiger charge is 2.29. The van der Waals surface area contributed by atoms with E-state index in [1.807, 2.05) is 6.92 Å². The molecule has 1 heterocycles. The highest BCUT2D eigenvalue weighted by molar-refractivity contribution is 5.94. The average molecular weight is 193 g/mol. The van der Waals surface area contributed by atoms with Crippen molar-refractivity contribution in [1.29, 1.82) is 0 Å². The minimum absolute atomic E-state index is 0.292. The van der Waals surface area contributed by atoms with E-state index in [1.165, 1.54) is 31.3 Å². The van der Waals surface area contributed by atoms with Crippen LogP contribution in [0.1, 0.15) is 46.0 Å². The first-order valence-electron chi connectivity index (χ1n) is 5.67. The highest BCUT2D eigenvalue weighted by Crippen LogP contribution is 2.28. The van der Waals surface area contributed by atoms with Gasteiger partial charge >= 0.3 is 0 Å². The van der Waals surface area contributed by atoms with Crippen molar-refractivity contribution in [2.24, 2.45) is 0 Å². The van der Waals surface area contributed by atoms with E-state index in [0.717, 1.165) is 18.5 Å². The lowest BCUT2D eigenvalue weighted by Crippen LogP contribution is -2.42. The van der Waals surface area contributed by atoms with Gasteiger partial charge in [-0.25, -0.2) is 0 Å². The van der Waals surface area contributed by atoms with Crippen molar-refractivity contribution in [3.63, 3.8) is 0 Å². The summed E-state index contributed by atoms with van der Waals surface area (Å²) < 4.78 is 0. The summed E-state index contributed by atoms with van der Waals surface area (Å²) in [7, 11) is 0. The van der Waals surface area contributed by atoms with Gasteiger partial charge in [0.1, 0.15) is 0 Å². The molecule has 0 radical (unpaired) electrons. The third-order valence-corrected chi connectivity index (χ3v) is 3.71. The van der Waals surface area contributed by atoms with Crippen LogP contribution in [0.25, 0.3) is 0 Å². The van der Waals surface area contributed by atoms with Crippen LogP contribution in [0, 0.1) is 0 Å². The first kappa shape index (κ1) is 9.75. The Bertz CT molecular complexity index is 274. The lowest BCUT2D eigenvalue weighted by Gasteiger charge is -2.33. The van der Waals surface area contributed by atoms with Gasteiger partial charge in [0, 0.05) is 18.2 Å². The van der Waals surface area contributed by atoms with E-state index < -0.39 is 0 Å².